The van der Waals surface area contributed by atoms with Crippen molar-refractivity contribution in [3.8, 4) is 0 Å². The van der Waals surface area contributed by atoms with Crippen molar-refractivity contribution in [2.75, 3.05) is 19.3 Å². The second-order valence-electron chi connectivity index (χ2n) is 7.17. The molecule has 7 nitrogen and oxygen atoms in total. The molecule has 0 bridgehead atoms. The maximum absolute atomic E-state index is 13.1. The van der Waals surface area contributed by atoms with E-state index in [4.69, 9.17) is 0 Å². The average Bonchev–Trinajstić information content (AvgIpc) is 2.89. The maximum atomic E-state index is 13.1. The second-order valence-corrected chi connectivity index (χ2v) is 8.95. The number of sulfonamides is 1. The highest BCUT2D eigenvalue weighted by atomic mass is 32.2. The second kappa shape index (κ2) is 7.82. The summed E-state index contributed by atoms with van der Waals surface area (Å²) in [5.74, 6) is -0.0460. The number of aryl methyl sites for hydroxylation is 1. The Kier molecular flexibility index (Phi) is 5.67. The molecule has 0 spiro atoms. The molecule has 0 saturated carbocycles. The van der Waals surface area contributed by atoms with E-state index in [2.05, 4.69) is 14.3 Å². The van der Waals surface area contributed by atoms with Gasteiger partial charge in [-0.25, -0.2) is 13.1 Å². The summed E-state index contributed by atoms with van der Waals surface area (Å²) in [6, 6.07) is 7.48. The van der Waals surface area contributed by atoms with E-state index in [1.807, 2.05) is 38.1 Å². The molecule has 8 heteroatoms. The number of nitrogens with zero attached hydrogens (tertiary/aromatic N) is 3. The van der Waals surface area contributed by atoms with Crippen LogP contribution >= 0.6 is 0 Å². The van der Waals surface area contributed by atoms with Crippen molar-refractivity contribution in [1.82, 2.24) is 19.2 Å². The number of amides is 1. The zero-order valence-electron chi connectivity index (χ0n) is 16.0. The Hall–Kier alpha value is -2.19. The fourth-order valence-corrected chi connectivity index (χ4v) is 4.44. The Morgan fingerprint density at radius 2 is 2.11 bits per heavy atom. The Labute approximate surface area is 160 Å². The standard InChI is InChI=1S/C19H26N4O3S/c1-14-11-18(15(2)23(14)13-16-7-4-5-9-20-16)19(24)22-10-6-8-17(12-22)21-27(3,25)26/h4-5,7,9,11,17,21H,6,8,10,12-13H2,1-3H3/t17-/m1/s1. The highest BCUT2D eigenvalue weighted by Gasteiger charge is 2.28. The van der Waals surface area contributed by atoms with E-state index in [9.17, 15) is 13.2 Å². The molecule has 1 N–H and O–H groups in total. The van der Waals surface area contributed by atoms with E-state index in [-0.39, 0.29) is 11.9 Å². The van der Waals surface area contributed by atoms with Gasteiger partial charge in [0, 0.05) is 36.7 Å². The molecule has 146 valence electrons. The first-order valence-corrected chi connectivity index (χ1v) is 11.0. The fraction of sp³-hybridized carbons (Fsp3) is 0.474. The summed E-state index contributed by atoms with van der Waals surface area (Å²) >= 11 is 0. The van der Waals surface area contributed by atoms with Gasteiger partial charge in [-0.15, -0.1) is 0 Å². The van der Waals surface area contributed by atoms with Crippen LogP contribution in [0.3, 0.4) is 0 Å². The van der Waals surface area contributed by atoms with Crippen LogP contribution in [0.15, 0.2) is 30.5 Å². The minimum absolute atomic E-state index is 0.0460. The Morgan fingerprint density at radius 3 is 2.78 bits per heavy atom. The molecular weight excluding hydrogens is 364 g/mol. The molecule has 1 fully saturated rings. The first-order chi connectivity index (χ1) is 12.7. The SMILES string of the molecule is Cc1cc(C(=O)N2CCC[C@@H](NS(C)(=O)=O)C2)c(C)n1Cc1ccccn1. The van der Waals surface area contributed by atoms with Gasteiger partial charge in [0.15, 0.2) is 0 Å². The summed E-state index contributed by atoms with van der Waals surface area (Å²) in [6.45, 7) is 5.58. The van der Waals surface area contributed by atoms with Gasteiger partial charge in [0.05, 0.1) is 24.1 Å². The average molecular weight is 391 g/mol. The molecule has 3 rings (SSSR count). The largest absolute Gasteiger partial charge is 0.342 e. The van der Waals surface area contributed by atoms with Crippen LogP contribution in [-0.2, 0) is 16.6 Å². The van der Waals surface area contributed by atoms with Crippen LogP contribution in [0.5, 0.6) is 0 Å². The predicted molar refractivity (Wildman–Crippen MR) is 104 cm³/mol. The molecule has 0 radical (unpaired) electrons. The summed E-state index contributed by atoms with van der Waals surface area (Å²) in [4.78, 5) is 19.2. The number of rotatable bonds is 5. The molecule has 1 aliphatic rings. The van der Waals surface area contributed by atoms with Gasteiger partial charge >= 0.3 is 0 Å². The Morgan fingerprint density at radius 1 is 1.33 bits per heavy atom. The number of carbonyl (C=O) groups is 1. The lowest BCUT2D eigenvalue weighted by molar-refractivity contribution is 0.0702. The Bertz CT molecular complexity index is 922. The molecule has 1 atom stereocenters. The Balaban J connectivity index is 1.78. The third-order valence-corrected chi connectivity index (χ3v) is 5.70. The number of aromatic nitrogens is 2. The van der Waals surface area contributed by atoms with E-state index < -0.39 is 10.0 Å². The molecule has 0 unspecified atom stereocenters. The molecule has 3 heterocycles. The monoisotopic (exact) mass is 390 g/mol. The molecule has 0 aromatic carbocycles. The quantitative estimate of drug-likeness (QED) is 0.842. The summed E-state index contributed by atoms with van der Waals surface area (Å²) < 4.78 is 27.7. The fourth-order valence-electron chi connectivity index (χ4n) is 3.65. The normalized spacial score (nSPS) is 17.9. The lowest BCUT2D eigenvalue weighted by Gasteiger charge is -2.32. The van der Waals surface area contributed by atoms with Crippen LogP contribution in [0.4, 0.5) is 0 Å². The number of hydrogen-bond donors (Lipinski definition) is 1. The zero-order valence-corrected chi connectivity index (χ0v) is 16.8. The zero-order chi connectivity index (χ0) is 19.6. The summed E-state index contributed by atoms with van der Waals surface area (Å²) in [5, 5.41) is 0. The third kappa shape index (κ3) is 4.75. The number of carbonyl (C=O) groups excluding carboxylic acids is 1. The lowest BCUT2D eigenvalue weighted by Crippen LogP contribution is -2.49. The summed E-state index contributed by atoms with van der Waals surface area (Å²) in [6.07, 6.45) is 4.44. The topological polar surface area (TPSA) is 84.3 Å². The highest BCUT2D eigenvalue weighted by molar-refractivity contribution is 7.88. The van der Waals surface area contributed by atoms with Gasteiger partial charge in [0.25, 0.3) is 5.91 Å². The lowest BCUT2D eigenvalue weighted by atomic mass is 10.1. The first-order valence-electron chi connectivity index (χ1n) is 9.08. The van der Waals surface area contributed by atoms with Crippen molar-refractivity contribution in [3.05, 3.63) is 53.1 Å². The van der Waals surface area contributed by atoms with E-state index in [1.54, 1.807) is 11.1 Å². The van der Waals surface area contributed by atoms with Crippen molar-refractivity contribution in [1.29, 1.82) is 0 Å². The van der Waals surface area contributed by atoms with Crippen LogP contribution in [-0.4, -0.2) is 54.2 Å². The molecule has 27 heavy (non-hydrogen) atoms. The first kappa shape index (κ1) is 19.6. The number of pyridine rings is 1. The number of likely N-dealkylation sites (tertiary alicyclic amines) is 1. The molecule has 1 aliphatic heterocycles. The summed E-state index contributed by atoms with van der Waals surface area (Å²) in [5.41, 5.74) is 3.52. The molecule has 0 aliphatic carbocycles. The van der Waals surface area contributed by atoms with Crippen molar-refractivity contribution in [2.24, 2.45) is 0 Å². The van der Waals surface area contributed by atoms with Crippen LogP contribution in [0.1, 0.15) is 40.3 Å². The summed E-state index contributed by atoms with van der Waals surface area (Å²) in [7, 11) is -3.28. The van der Waals surface area contributed by atoms with Gasteiger partial charge in [0.2, 0.25) is 10.0 Å². The number of piperidine rings is 1. The van der Waals surface area contributed by atoms with E-state index in [0.29, 0.717) is 25.2 Å². The predicted octanol–water partition coefficient (Wildman–Crippen LogP) is 1.70. The maximum Gasteiger partial charge on any atom is 0.255 e. The molecule has 1 saturated heterocycles. The van der Waals surface area contributed by atoms with Gasteiger partial charge in [-0.2, -0.15) is 0 Å². The molecular formula is C19H26N4O3S. The van der Waals surface area contributed by atoms with Crippen molar-refractivity contribution in [2.45, 2.75) is 39.3 Å². The van der Waals surface area contributed by atoms with Crippen LogP contribution < -0.4 is 4.72 Å². The molecule has 2 aromatic rings. The van der Waals surface area contributed by atoms with Crippen LogP contribution in [0, 0.1) is 13.8 Å². The van der Waals surface area contributed by atoms with Crippen molar-refractivity contribution < 1.29 is 13.2 Å². The molecule has 2 aromatic heterocycles. The number of nitrogens with one attached hydrogen (secondary N) is 1. The van der Waals surface area contributed by atoms with Gasteiger partial charge in [-0.1, -0.05) is 6.07 Å². The van der Waals surface area contributed by atoms with Crippen molar-refractivity contribution in [3.63, 3.8) is 0 Å². The minimum atomic E-state index is -3.28. The van der Waals surface area contributed by atoms with E-state index in [0.717, 1.165) is 36.2 Å². The highest BCUT2D eigenvalue weighted by Crippen LogP contribution is 2.21. The third-order valence-electron chi connectivity index (χ3n) is 4.94. The number of hydrogen-bond acceptors (Lipinski definition) is 4. The van der Waals surface area contributed by atoms with Gasteiger partial charge in [0.1, 0.15) is 0 Å². The van der Waals surface area contributed by atoms with Crippen molar-refractivity contribution >= 4 is 15.9 Å². The van der Waals surface area contributed by atoms with Crippen LogP contribution in [0.25, 0.3) is 0 Å². The molecule has 1 amide bonds. The van der Waals surface area contributed by atoms with Gasteiger partial charge in [-0.05, 0) is 44.9 Å². The van der Waals surface area contributed by atoms with E-state index in [1.165, 1.54) is 0 Å². The smallest absolute Gasteiger partial charge is 0.255 e. The van der Waals surface area contributed by atoms with Gasteiger partial charge in [-0.3, -0.25) is 9.78 Å². The minimum Gasteiger partial charge on any atom is -0.342 e. The van der Waals surface area contributed by atoms with Gasteiger partial charge < -0.3 is 9.47 Å². The van der Waals surface area contributed by atoms with E-state index >= 15 is 0 Å². The van der Waals surface area contributed by atoms with Crippen LogP contribution in [0.2, 0.25) is 0 Å².